The topological polar surface area (TPSA) is 46.6 Å². The number of esters is 1. The molecule has 0 aliphatic carbocycles. The van der Waals surface area contributed by atoms with Crippen LogP contribution in [0.2, 0.25) is 0 Å². The van der Waals surface area contributed by atoms with E-state index in [2.05, 4.69) is 13.8 Å². The van der Waals surface area contributed by atoms with Gasteiger partial charge in [-0.15, -0.1) is 0 Å². The van der Waals surface area contributed by atoms with E-state index >= 15 is 0 Å². The van der Waals surface area contributed by atoms with Crippen molar-refractivity contribution in [3.63, 3.8) is 0 Å². The summed E-state index contributed by atoms with van der Waals surface area (Å²) in [7, 11) is 0. The van der Waals surface area contributed by atoms with E-state index in [9.17, 15) is 9.59 Å². The van der Waals surface area contributed by atoms with E-state index < -0.39 is 5.92 Å². The van der Waals surface area contributed by atoms with Gasteiger partial charge in [-0.3, -0.25) is 9.59 Å². The average molecular weight is 387 g/mol. The van der Waals surface area contributed by atoms with Crippen molar-refractivity contribution in [1.82, 2.24) is 0 Å². The van der Waals surface area contributed by atoms with Crippen molar-refractivity contribution in [3.05, 3.63) is 71.8 Å². The molecule has 1 atom stereocenters. The second-order valence-electron chi connectivity index (χ2n) is 8.02. The van der Waals surface area contributed by atoms with Gasteiger partial charge in [0.25, 0.3) is 0 Å². The van der Waals surface area contributed by atoms with Crippen LogP contribution in [0.1, 0.15) is 37.3 Å². The number of anilines is 1. The zero-order valence-electron chi connectivity index (χ0n) is 17.0. The summed E-state index contributed by atoms with van der Waals surface area (Å²) in [5.41, 5.74) is 2.89. The Morgan fingerprint density at radius 3 is 2.62 bits per heavy atom. The molecule has 148 valence electrons. The SMILES string of the molecule is Cc1ccc(C(C)C)c(OC(=O)[C@@H]2CC(=O)N(c3cccc4ccccc34)C2)c1. The number of carbonyl (C=O) groups excluding carboxylic acids is 2. The zero-order chi connectivity index (χ0) is 20.5. The summed E-state index contributed by atoms with van der Waals surface area (Å²) in [5, 5.41) is 2.09. The number of hydrogen-bond donors (Lipinski definition) is 0. The molecule has 0 saturated carbocycles. The minimum atomic E-state index is -0.470. The average Bonchev–Trinajstić information content (AvgIpc) is 3.09. The molecule has 29 heavy (non-hydrogen) atoms. The number of ether oxygens (including phenoxy) is 1. The van der Waals surface area contributed by atoms with Crippen LogP contribution in [0, 0.1) is 12.8 Å². The number of benzene rings is 3. The minimum absolute atomic E-state index is 0.0448. The van der Waals surface area contributed by atoms with Crippen LogP contribution in [0.4, 0.5) is 5.69 Å². The third-order valence-corrected chi connectivity index (χ3v) is 5.52. The number of aryl methyl sites for hydroxylation is 1. The lowest BCUT2D eigenvalue weighted by atomic mass is 10.0. The third kappa shape index (κ3) is 3.75. The normalized spacial score (nSPS) is 16.6. The fourth-order valence-electron chi connectivity index (χ4n) is 3.94. The van der Waals surface area contributed by atoms with Crippen LogP contribution in [-0.4, -0.2) is 18.4 Å². The van der Waals surface area contributed by atoms with E-state index in [0.717, 1.165) is 27.6 Å². The summed E-state index contributed by atoms with van der Waals surface area (Å²) in [6.07, 6.45) is 0.172. The molecule has 1 fully saturated rings. The van der Waals surface area contributed by atoms with E-state index in [-0.39, 0.29) is 24.2 Å². The van der Waals surface area contributed by atoms with Crippen molar-refractivity contribution in [2.75, 3.05) is 11.4 Å². The molecule has 1 saturated heterocycles. The van der Waals surface area contributed by atoms with Crippen molar-refractivity contribution < 1.29 is 14.3 Å². The third-order valence-electron chi connectivity index (χ3n) is 5.52. The van der Waals surface area contributed by atoms with Crippen LogP contribution in [0.15, 0.2) is 60.7 Å². The largest absolute Gasteiger partial charge is 0.426 e. The Bertz CT molecular complexity index is 1080. The molecule has 4 rings (SSSR count). The molecular weight excluding hydrogens is 362 g/mol. The molecule has 1 aliphatic heterocycles. The van der Waals surface area contributed by atoms with E-state index in [1.165, 1.54) is 0 Å². The second-order valence-corrected chi connectivity index (χ2v) is 8.02. The highest BCUT2D eigenvalue weighted by Gasteiger charge is 2.37. The molecule has 0 aromatic heterocycles. The first-order valence-electron chi connectivity index (χ1n) is 10.0. The summed E-state index contributed by atoms with van der Waals surface area (Å²) in [4.78, 5) is 27.3. The molecule has 3 aromatic rings. The van der Waals surface area contributed by atoms with E-state index in [4.69, 9.17) is 4.74 Å². The minimum Gasteiger partial charge on any atom is -0.426 e. The lowest BCUT2D eigenvalue weighted by molar-refractivity contribution is -0.139. The van der Waals surface area contributed by atoms with Gasteiger partial charge in [0.15, 0.2) is 0 Å². The Balaban J connectivity index is 1.57. The van der Waals surface area contributed by atoms with Gasteiger partial charge in [-0.1, -0.05) is 62.4 Å². The first kappa shape index (κ1) is 19.2. The summed E-state index contributed by atoms with van der Waals surface area (Å²) >= 11 is 0. The highest BCUT2D eigenvalue weighted by molar-refractivity contribution is 6.06. The summed E-state index contributed by atoms with van der Waals surface area (Å²) in [5.74, 6) is -0.0101. The monoisotopic (exact) mass is 387 g/mol. The highest BCUT2D eigenvalue weighted by Crippen LogP contribution is 2.33. The Labute approximate surface area is 171 Å². The number of hydrogen-bond acceptors (Lipinski definition) is 3. The van der Waals surface area contributed by atoms with E-state index in [0.29, 0.717) is 12.3 Å². The number of fused-ring (bicyclic) bond motifs is 1. The lowest BCUT2D eigenvalue weighted by Crippen LogP contribution is -2.27. The first-order valence-corrected chi connectivity index (χ1v) is 10.0. The van der Waals surface area contributed by atoms with Crippen LogP contribution in [-0.2, 0) is 9.59 Å². The van der Waals surface area contributed by atoms with Crippen molar-refractivity contribution in [3.8, 4) is 5.75 Å². The standard InChI is InChI=1S/C25H25NO3/c1-16(2)20-12-11-17(3)13-23(20)29-25(28)19-14-24(27)26(15-19)22-10-6-8-18-7-4-5-9-21(18)22/h4-13,16,19H,14-15H2,1-3H3/t19-/m1/s1. The summed E-state index contributed by atoms with van der Waals surface area (Å²) in [6, 6.07) is 19.8. The molecule has 0 radical (unpaired) electrons. The lowest BCUT2D eigenvalue weighted by Gasteiger charge is -2.19. The Kier molecular flexibility index (Phi) is 5.10. The number of amides is 1. The van der Waals surface area contributed by atoms with Crippen LogP contribution in [0.25, 0.3) is 10.8 Å². The maximum Gasteiger partial charge on any atom is 0.316 e. The van der Waals surface area contributed by atoms with Crippen molar-refractivity contribution in [2.24, 2.45) is 5.92 Å². The van der Waals surface area contributed by atoms with E-state index in [1.54, 1.807) is 4.90 Å². The maximum atomic E-state index is 12.9. The molecule has 1 aliphatic rings. The number of rotatable bonds is 4. The smallest absolute Gasteiger partial charge is 0.316 e. The molecule has 3 aromatic carbocycles. The van der Waals surface area contributed by atoms with Crippen LogP contribution in [0.5, 0.6) is 5.75 Å². The van der Waals surface area contributed by atoms with Gasteiger partial charge < -0.3 is 9.64 Å². The first-order chi connectivity index (χ1) is 13.9. The molecule has 0 N–H and O–H groups in total. The van der Waals surface area contributed by atoms with Crippen molar-refractivity contribution in [1.29, 1.82) is 0 Å². The number of carbonyl (C=O) groups is 2. The van der Waals surface area contributed by atoms with E-state index in [1.807, 2.05) is 67.6 Å². The molecule has 4 heteroatoms. The summed E-state index contributed by atoms with van der Waals surface area (Å²) in [6.45, 7) is 6.46. The second kappa shape index (κ2) is 7.70. The van der Waals surface area contributed by atoms with Gasteiger partial charge in [0, 0.05) is 18.4 Å². The molecule has 1 heterocycles. The molecule has 1 amide bonds. The molecule has 0 bridgehead atoms. The fourth-order valence-corrected chi connectivity index (χ4v) is 3.94. The predicted molar refractivity (Wildman–Crippen MR) is 115 cm³/mol. The van der Waals surface area contributed by atoms with Gasteiger partial charge in [0.05, 0.1) is 11.6 Å². The van der Waals surface area contributed by atoms with Crippen LogP contribution < -0.4 is 9.64 Å². The fraction of sp³-hybridized carbons (Fsp3) is 0.280. The Morgan fingerprint density at radius 2 is 1.83 bits per heavy atom. The number of nitrogens with zero attached hydrogens (tertiary/aromatic N) is 1. The molecule has 0 unspecified atom stereocenters. The van der Waals surface area contributed by atoms with Crippen LogP contribution in [0.3, 0.4) is 0 Å². The molecule has 0 spiro atoms. The van der Waals surface area contributed by atoms with Crippen molar-refractivity contribution >= 4 is 28.3 Å². The van der Waals surface area contributed by atoms with Gasteiger partial charge in [-0.05, 0) is 41.5 Å². The zero-order valence-corrected chi connectivity index (χ0v) is 17.0. The quantitative estimate of drug-likeness (QED) is 0.455. The van der Waals surface area contributed by atoms with Gasteiger partial charge in [0.2, 0.25) is 5.91 Å². The Morgan fingerprint density at radius 1 is 1.07 bits per heavy atom. The maximum absolute atomic E-state index is 12.9. The molecule has 4 nitrogen and oxygen atoms in total. The highest BCUT2D eigenvalue weighted by atomic mass is 16.5. The van der Waals surface area contributed by atoms with Gasteiger partial charge in [-0.2, -0.15) is 0 Å². The molecular formula is C25H25NO3. The van der Waals surface area contributed by atoms with Gasteiger partial charge in [-0.25, -0.2) is 0 Å². The predicted octanol–water partition coefficient (Wildman–Crippen LogP) is 5.23. The summed E-state index contributed by atoms with van der Waals surface area (Å²) < 4.78 is 5.77. The van der Waals surface area contributed by atoms with Gasteiger partial charge >= 0.3 is 5.97 Å². The van der Waals surface area contributed by atoms with Crippen LogP contribution >= 0.6 is 0 Å². The van der Waals surface area contributed by atoms with Crippen molar-refractivity contribution in [2.45, 2.75) is 33.1 Å². The van der Waals surface area contributed by atoms with Gasteiger partial charge in [0.1, 0.15) is 5.75 Å². The Hall–Kier alpha value is -3.14.